The zero-order chi connectivity index (χ0) is 23.0. The minimum Gasteiger partial charge on any atom is -0.392 e. The molecule has 0 spiro atoms. The van der Waals surface area contributed by atoms with Crippen molar-refractivity contribution in [3.05, 3.63) is 63.3 Å². The highest BCUT2D eigenvalue weighted by Gasteiger charge is 2.36. The Balaban J connectivity index is 1.73. The molecule has 2 aliphatic heterocycles. The number of aromatic nitrogens is 1. The Bertz CT molecular complexity index is 1100. The first-order valence-corrected chi connectivity index (χ1v) is 10.7. The van der Waals surface area contributed by atoms with Crippen molar-refractivity contribution in [3.63, 3.8) is 0 Å². The van der Waals surface area contributed by atoms with Crippen LogP contribution < -0.4 is 10.9 Å². The van der Waals surface area contributed by atoms with Crippen LogP contribution >= 0.6 is 0 Å². The molecule has 1 fully saturated rings. The van der Waals surface area contributed by atoms with E-state index in [1.807, 2.05) is 11.9 Å². The second-order valence-corrected chi connectivity index (χ2v) is 8.47. The predicted octanol–water partition coefficient (Wildman–Crippen LogP) is 0.534. The molecule has 0 bridgehead atoms. The number of pyridine rings is 1. The summed E-state index contributed by atoms with van der Waals surface area (Å²) in [4.78, 5) is 42.7. The number of likely N-dealkylation sites (tertiary alicyclic amines) is 1. The molecule has 3 heterocycles. The maximum atomic E-state index is 13.4. The molecule has 2 N–H and O–H groups in total. The third kappa shape index (κ3) is 4.05. The number of aliphatic hydroxyl groups is 1. The molecule has 9 heteroatoms. The third-order valence-electron chi connectivity index (χ3n) is 6.37. The molecule has 0 saturated carbocycles. The summed E-state index contributed by atoms with van der Waals surface area (Å²) in [6, 6.07) is 5.43. The number of benzene rings is 1. The van der Waals surface area contributed by atoms with E-state index in [-0.39, 0.29) is 18.0 Å². The maximum absolute atomic E-state index is 13.4. The average Bonchev–Trinajstić information content (AvgIpc) is 2.79. The molecule has 2 aromatic rings. The quantitative estimate of drug-likeness (QED) is 0.724. The molecule has 2 amide bonds. The molecule has 2 aliphatic rings. The molecule has 0 unspecified atom stereocenters. The van der Waals surface area contributed by atoms with Gasteiger partial charge in [0.1, 0.15) is 11.4 Å². The van der Waals surface area contributed by atoms with Crippen LogP contribution in [0.1, 0.15) is 27.9 Å². The fourth-order valence-corrected chi connectivity index (χ4v) is 4.58. The number of nitrogens with one attached hydrogen (secondary N) is 1. The highest BCUT2D eigenvalue weighted by molar-refractivity contribution is 5.95. The van der Waals surface area contributed by atoms with Crippen LogP contribution in [-0.2, 0) is 17.8 Å². The van der Waals surface area contributed by atoms with Crippen LogP contribution in [0.2, 0.25) is 0 Å². The van der Waals surface area contributed by atoms with Crippen molar-refractivity contribution in [3.8, 4) is 5.69 Å². The Morgan fingerprint density at radius 1 is 1.19 bits per heavy atom. The number of carbonyl (C=O) groups is 2. The van der Waals surface area contributed by atoms with Crippen LogP contribution in [0.5, 0.6) is 0 Å². The largest absolute Gasteiger partial charge is 0.392 e. The number of halogens is 1. The Morgan fingerprint density at radius 3 is 2.59 bits per heavy atom. The maximum Gasteiger partial charge on any atom is 0.268 e. The average molecular weight is 442 g/mol. The Morgan fingerprint density at radius 2 is 1.91 bits per heavy atom. The molecule has 2 atom stereocenters. The summed E-state index contributed by atoms with van der Waals surface area (Å²) in [5.41, 5.74) is 1.29. The van der Waals surface area contributed by atoms with Crippen LogP contribution in [0.4, 0.5) is 4.39 Å². The summed E-state index contributed by atoms with van der Waals surface area (Å²) < 4.78 is 14.7. The van der Waals surface area contributed by atoms with E-state index < -0.39 is 29.3 Å². The number of amides is 2. The van der Waals surface area contributed by atoms with Gasteiger partial charge >= 0.3 is 0 Å². The standard InChI is InChI=1S/C23H27FN4O4/c1-25-21(30)20-17-7-10-27(22(31)18-13-26(2)9-8-19(18)29)11-14(17)12-28(23(20)32)16-5-3-15(24)4-6-16/h3-6,12,18-19,29H,7-11,13H2,1-2H3,(H,25,30)/t18-,19-/m1/s1. The van der Waals surface area contributed by atoms with Crippen molar-refractivity contribution in [2.24, 2.45) is 5.92 Å². The Kier molecular flexibility index (Phi) is 6.12. The van der Waals surface area contributed by atoms with Gasteiger partial charge in [-0.25, -0.2) is 4.39 Å². The minimum absolute atomic E-state index is 0.0406. The third-order valence-corrected chi connectivity index (χ3v) is 6.37. The topological polar surface area (TPSA) is 94.9 Å². The highest BCUT2D eigenvalue weighted by Crippen LogP contribution is 2.26. The van der Waals surface area contributed by atoms with Crippen molar-refractivity contribution in [2.45, 2.75) is 25.5 Å². The van der Waals surface area contributed by atoms with Crippen LogP contribution in [0, 0.1) is 11.7 Å². The van der Waals surface area contributed by atoms with Crippen molar-refractivity contribution in [1.82, 2.24) is 19.7 Å². The molecule has 1 saturated heterocycles. The van der Waals surface area contributed by atoms with Crippen molar-refractivity contribution in [1.29, 1.82) is 0 Å². The van der Waals surface area contributed by atoms with E-state index in [0.717, 1.165) is 6.54 Å². The van der Waals surface area contributed by atoms with E-state index in [1.165, 1.54) is 35.9 Å². The lowest BCUT2D eigenvalue weighted by atomic mass is 9.91. The molecule has 4 rings (SSSR count). The zero-order valence-electron chi connectivity index (χ0n) is 18.2. The summed E-state index contributed by atoms with van der Waals surface area (Å²) in [6.07, 6.45) is 1.85. The first-order valence-electron chi connectivity index (χ1n) is 10.7. The van der Waals surface area contributed by atoms with Crippen molar-refractivity contribution >= 4 is 11.8 Å². The first kappa shape index (κ1) is 22.2. The monoisotopic (exact) mass is 442 g/mol. The van der Waals surface area contributed by atoms with Crippen LogP contribution in [0.25, 0.3) is 5.69 Å². The van der Waals surface area contributed by atoms with E-state index in [0.29, 0.717) is 42.7 Å². The normalized spacial score (nSPS) is 21.2. The number of hydrogen-bond acceptors (Lipinski definition) is 5. The number of rotatable bonds is 3. The lowest BCUT2D eigenvalue weighted by Gasteiger charge is -2.38. The SMILES string of the molecule is CNC(=O)c1c2c(cn(-c3ccc(F)cc3)c1=O)CN(C(=O)[C@@H]1CN(C)CC[C@H]1O)CC2. The number of hydrogen-bond donors (Lipinski definition) is 2. The van der Waals surface area contributed by atoms with Gasteiger partial charge in [0.15, 0.2) is 0 Å². The molecule has 0 radical (unpaired) electrons. The number of fused-ring (bicyclic) bond motifs is 1. The molecular formula is C23H27FN4O4. The van der Waals surface area contributed by atoms with Gasteiger partial charge in [-0.1, -0.05) is 0 Å². The van der Waals surface area contributed by atoms with Gasteiger partial charge in [0.2, 0.25) is 5.91 Å². The van der Waals surface area contributed by atoms with Crippen molar-refractivity contribution < 1.29 is 19.1 Å². The summed E-state index contributed by atoms with van der Waals surface area (Å²) in [5, 5.41) is 12.9. The predicted molar refractivity (Wildman–Crippen MR) is 116 cm³/mol. The first-order chi connectivity index (χ1) is 15.3. The minimum atomic E-state index is -0.685. The smallest absolute Gasteiger partial charge is 0.268 e. The van der Waals surface area contributed by atoms with E-state index >= 15 is 0 Å². The Hall–Kier alpha value is -3.04. The van der Waals surface area contributed by atoms with Gasteiger partial charge in [0, 0.05) is 45.1 Å². The molecular weight excluding hydrogens is 415 g/mol. The fraction of sp³-hybridized carbons (Fsp3) is 0.435. The van der Waals surface area contributed by atoms with E-state index in [4.69, 9.17) is 0 Å². The molecule has 32 heavy (non-hydrogen) atoms. The van der Waals surface area contributed by atoms with Gasteiger partial charge in [-0.15, -0.1) is 0 Å². The van der Waals surface area contributed by atoms with Gasteiger partial charge in [-0.05, 0) is 55.3 Å². The summed E-state index contributed by atoms with van der Waals surface area (Å²) in [5.74, 6) is -1.56. The van der Waals surface area contributed by atoms with Gasteiger partial charge < -0.3 is 20.2 Å². The number of aliphatic hydroxyl groups excluding tert-OH is 1. The molecule has 1 aromatic carbocycles. The van der Waals surface area contributed by atoms with Gasteiger partial charge in [0.05, 0.1) is 12.0 Å². The highest BCUT2D eigenvalue weighted by atomic mass is 19.1. The molecule has 8 nitrogen and oxygen atoms in total. The second kappa shape index (κ2) is 8.84. The van der Waals surface area contributed by atoms with Crippen molar-refractivity contribution in [2.75, 3.05) is 33.7 Å². The van der Waals surface area contributed by atoms with E-state index in [1.54, 1.807) is 11.1 Å². The second-order valence-electron chi connectivity index (χ2n) is 8.47. The zero-order valence-corrected chi connectivity index (χ0v) is 18.2. The number of carbonyl (C=O) groups excluding carboxylic acids is 2. The molecule has 1 aromatic heterocycles. The molecule has 0 aliphatic carbocycles. The van der Waals surface area contributed by atoms with E-state index in [9.17, 15) is 23.9 Å². The van der Waals surface area contributed by atoms with Crippen LogP contribution in [-0.4, -0.2) is 71.1 Å². The van der Waals surface area contributed by atoms with Crippen LogP contribution in [0.3, 0.4) is 0 Å². The lowest BCUT2D eigenvalue weighted by molar-refractivity contribution is -0.143. The summed E-state index contributed by atoms with van der Waals surface area (Å²) >= 11 is 0. The van der Waals surface area contributed by atoms with Gasteiger partial charge in [-0.3, -0.25) is 19.0 Å². The fourth-order valence-electron chi connectivity index (χ4n) is 4.58. The summed E-state index contributed by atoms with van der Waals surface area (Å²) in [7, 11) is 3.39. The summed E-state index contributed by atoms with van der Waals surface area (Å²) in [6.45, 7) is 1.82. The number of nitrogens with zero attached hydrogens (tertiary/aromatic N) is 3. The van der Waals surface area contributed by atoms with E-state index in [2.05, 4.69) is 5.32 Å². The lowest BCUT2D eigenvalue weighted by Crippen LogP contribution is -2.51. The van der Waals surface area contributed by atoms with Gasteiger partial charge in [-0.2, -0.15) is 0 Å². The Labute approximate surface area is 185 Å². The van der Waals surface area contributed by atoms with Gasteiger partial charge in [0.25, 0.3) is 11.5 Å². The molecule has 170 valence electrons. The number of piperidine rings is 1. The van der Waals surface area contributed by atoms with Crippen LogP contribution in [0.15, 0.2) is 35.3 Å².